The molecule has 13 heteroatoms. The smallest absolute Gasteiger partial charge is 0.275 e. The van der Waals surface area contributed by atoms with Crippen LogP contribution in [0.5, 0.6) is 0 Å². The molecule has 0 radical (unpaired) electrons. The Morgan fingerprint density at radius 3 is 1.48 bits per heavy atom. The first-order chi connectivity index (χ1) is 20.2. The van der Waals surface area contributed by atoms with Gasteiger partial charge < -0.3 is 10.6 Å². The van der Waals surface area contributed by atoms with Crippen LogP contribution >= 0.6 is 0 Å². The summed E-state index contributed by atoms with van der Waals surface area (Å²) < 4.78 is 0. The lowest BCUT2D eigenvalue weighted by molar-refractivity contribution is -0.385. The fourth-order valence-corrected chi connectivity index (χ4v) is 4.93. The summed E-state index contributed by atoms with van der Waals surface area (Å²) in [5.41, 5.74) is 3.38. The van der Waals surface area contributed by atoms with E-state index in [0.717, 1.165) is 10.8 Å². The summed E-state index contributed by atoms with van der Waals surface area (Å²) in [5, 5.41) is 29.4. The van der Waals surface area contributed by atoms with Gasteiger partial charge >= 0.3 is 0 Å². The molecule has 2 N–H and O–H groups in total. The van der Waals surface area contributed by atoms with Gasteiger partial charge in [0, 0.05) is 46.2 Å². The lowest BCUT2D eigenvalue weighted by Crippen LogP contribution is -2.13. The van der Waals surface area contributed by atoms with E-state index in [2.05, 4.69) is 20.6 Å². The van der Waals surface area contributed by atoms with Crippen LogP contribution in [0, 0.1) is 20.2 Å². The molecule has 0 bridgehead atoms. The van der Waals surface area contributed by atoms with E-state index >= 15 is 0 Å². The van der Waals surface area contributed by atoms with Gasteiger partial charge in [0.15, 0.2) is 0 Å². The Kier molecular flexibility index (Phi) is 5.34. The van der Waals surface area contributed by atoms with Crippen molar-refractivity contribution >= 4 is 79.2 Å². The summed E-state index contributed by atoms with van der Waals surface area (Å²) in [5.74, 6) is -0.938. The minimum atomic E-state index is -0.535. The van der Waals surface area contributed by atoms with Gasteiger partial charge in [-0.1, -0.05) is 12.1 Å². The van der Waals surface area contributed by atoms with E-state index in [1.807, 2.05) is 18.2 Å². The minimum absolute atomic E-state index is 0.0577. The predicted molar refractivity (Wildman–Crippen MR) is 155 cm³/mol. The third-order valence-corrected chi connectivity index (χ3v) is 6.93. The van der Waals surface area contributed by atoms with E-state index in [1.165, 1.54) is 36.4 Å². The molecule has 13 nitrogen and oxygen atoms in total. The highest BCUT2D eigenvalue weighted by Gasteiger charge is 2.29. The zero-order valence-corrected chi connectivity index (χ0v) is 21.2. The molecule has 7 rings (SSSR count). The third kappa shape index (κ3) is 4.08. The van der Waals surface area contributed by atoms with Crippen LogP contribution in [0.1, 0.15) is 11.1 Å². The van der Waals surface area contributed by atoms with E-state index in [-0.39, 0.29) is 22.8 Å². The van der Waals surface area contributed by atoms with Crippen LogP contribution in [-0.4, -0.2) is 38.1 Å². The van der Waals surface area contributed by atoms with Crippen LogP contribution in [0.4, 0.5) is 34.1 Å². The van der Waals surface area contributed by atoms with E-state index in [0.29, 0.717) is 44.9 Å². The van der Waals surface area contributed by atoms with Crippen molar-refractivity contribution in [1.29, 1.82) is 0 Å². The molecule has 2 aliphatic heterocycles. The largest absolute Gasteiger partial charge is 0.320 e. The van der Waals surface area contributed by atoms with Crippen molar-refractivity contribution in [3.05, 3.63) is 110 Å². The summed E-state index contributed by atoms with van der Waals surface area (Å²) in [7, 11) is 0. The quantitative estimate of drug-likeness (QED) is 0.169. The molecule has 3 heterocycles. The van der Waals surface area contributed by atoms with E-state index in [9.17, 15) is 29.8 Å². The fourth-order valence-electron chi connectivity index (χ4n) is 4.93. The maximum atomic E-state index is 12.6. The highest BCUT2D eigenvalue weighted by molar-refractivity contribution is 6.54. The number of carbonyl (C=O) groups is 2. The number of nitro benzene ring substituents is 2. The summed E-state index contributed by atoms with van der Waals surface area (Å²) in [4.78, 5) is 60.2. The number of benzene rings is 4. The van der Waals surface area contributed by atoms with Crippen molar-refractivity contribution in [2.45, 2.75) is 0 Å². The Morgan fingerprint density at radius 2 is 1.05 bits per heavy atom. The standard InChI is InChI=1S/C29H15N7O6/c37-28-26(20-12-18(35(39)40)5-7-22(20)33-28)30-16-3-1-14-9-15-2-4-17(11-25(15)32-24(14)10-16)31-27-21-13-19(36(41)42)6-8-23(21)34-29(27)38/h1-13H,(H,30,33,37)(H,31,34,38). The van der Waals surface area contributed by atoms with Crippen LogP contribution in [0.3, 0.4) is 0 Å². The molecule has 42 heavy (non-hydrogen) atoms. The number of nitro groups is 2. The Labute approximate surface area is 234 Å². The second-order valence-electron chi connectivity index (χ2n) is 9.55. The Morgan fingerprint density at radius 1 is 0.595 bits per heavy atom. The number of rotatable bonds is 4. The number of pyridine rings is 1. The second-order valence-corrected chi connectivity index (χ2v) is 9.55. The Hall–Kier alpha value is -6.37. The topological polar surface area (TPSA) is 182 Å². The molecule has 0 aliphatic carbocycles. The van der Waals surface area contributed by atoms with E-state index < -0.39 is 21.7 Å². The van der Waals surface area contributed by atoms with Gasteiger partial charge in [-0.3, -0.25) is 29.8 Å². The predicted octanol–water partition coefficient (Wildman–Crippen LogP) is 5.35. The number of hydrogen-bond donors (Lipinski definition) is 2. The average Bonchev–Trinajstić information content (AvgIpc) is 3.45. The first-order valence-electron chi connectivity index (χ1n) is 12.5. The lowest BCUT2D eigenvalue weighted by atomic mass is 10.1. The highest BCUT2D eigenvalue weighted by atomic mass is 16.6. The van der Waals surface area contributed by atoms with Gasteiger partial charge in [-0.25, -0.2) is 15.0 Å². The van der Waals surface area contributed by atoms with E-state index in [1.54, 1.807) is 24.3 Å². The maximum Gasteiger partial charge on any atom is 0.275 e. The first kappa shape index (κ1) is 24.7. The van der Waals surface area contributed by atoms with Gasteiger partial charge in [0.2, 0.25) is 0 Å². The average molecular weight is 557 g/mol. The number of hydrogen-bond acceptors (Lipinski definition) is 9. The third-order valence-electron chi connectivity index (χ3n) is 6.93. The SMILES string of the molecule is O=C1Nc2ccc([N+](=O)[O-])cc2C1=Nc1ccc2cc3ccc(N=C4C(=O)Nc5ccc([N+](=O)[O-])cc54)cc3nc2c1. The van der Waals surface area contributed by atoms with Crippen LogP contribution < -0.4 is 10.6 Å². The summed E-state index contributed by atoms with van der Waals surface area (Å²) in [6.07, 6.45) is 0. The Balaban J connectivity index is 1.28. The molecule has 5 aromatic rings. The van der Waals surface area contributed by atoms with Crippen LogP contribution in [0.15, 0.2) is 88.8 Å². The van der Waals surface area contributed by atoms with Crippen LogP contribution in [0.25, 0.3) is 21.8 Å². The molecule has 4 aromatic carbocycles. The fraction of sp³-hybridized carbons (Fsp3) is 0. The Bertz CT molecular complexity index is 2010. The summed E-state index contributed by atoms with van der Waals surface area (Å²) in [6.45, 7) is 0. The highest BCUT2D eigenvalue weighted by Crippen LogP contribution is 2.33. The van der Waals surface area contributed by atoms with Gasteiger partial charge in [-0.05, 0) is 42.5 Å². The van der Waals surface area contributed by atoms with Crippen molar-refractivity contribution in [2.75, 3.05) is 10.6 Å². The number of nitrogens with one attached hydrogen (secondary N) is 2. The van der Waals surface area contributed by atoms with Gasteiger partial charge in [-0.2, -0.15) is 0 Å². The van der Waals surface area contributed by atoms with Crippen molar-refractivity contribution in [3.8, 4) is 0 Å². The molecular weight excluding hydrogens is 542 g/mol. The van der Waals surface area contributed by atoms with Crippen LogP contribution in [-0.2, 0) is 9.59 Å². The maximum absolute atomic E-state index is 12.6. The molecular formula is C29H15N7O6. The molecule has 0 saturated heterocycles. The summed E-state index contributed by atoms with van der Waals surface area (Å²) in [6, 6.07) is 20.6. The molecule has 0 spiro atoms. The van der Waals surface area contributed by atoms with Gasteiger partial charge in [-0.15, -0.1) is 0 Å². The van der Waals surface area contributed by atoms with Gasteiger partial charge in [0.05, 0.1) is 43.6 Å². The number of anilines is 2. The van der Waals surface area contributed by atoms with Crippen molar-refractivity contribution in [2.24, 2.45) is 9.98 Å². The second kappa shape index (κ2) is 9.09. The number of aromatic nitrogens is 1. The van der Waals surface area contributed by atoms with Crippen LogP contribution in [0.2, 0.25) is 0 Å². The number of fused-ring (bicyclic) bond motifs is 4. The molecule has 2 amide bonds. The van der Waals surface area contributed by atoms with Crippen molar-refractivity contribution in [1.82, 2.24) is 4.98 Å². The lowest BCUT2D eigenvalue weighted by Gasteiger charge is -2.05. The summed E-state index contributed by atoms with van der Waals surface area (Å²) >= 11 is 0. The zero-order valence-electron chi connectivity index (χ0n) is 21.2. The molecule has 2 aliphatic rings. The van der Waals surface area contributed by atoms with Crippen molar-refractivity contribution in [3.63, 3.8) is 0 Å². The number of carbonyl (C=O) groups excluding carboxylic acids is 2. The van der Waals surface area contributed by atoms with E-state index in [4.69, 9.17) is 4.98 Å². The molecule has 0 atom stereocenters. The monoisotopic (exact) mass is 557 g/mol. The van der Waals surface area contributed by atoms with Gasteiger partial charge in [0.25, 0.3) is 23.2 Å². The number of nitrogens with zero attached hydrogens (tertiary/aromatic N) is 5. The first-order valence-corrected chi connectivity index (χ1v) is 12.5. The molecule has 202 valence electrons. The number of non-ortho nitro benzene ring substituents is 2. The van der Waals surface area contributed by atoms with Gasteiger partial charge in [0.1, 0.15) is 11.4 Å². The normalized spacial score (nSPS) is 15.6. The number of amides is 2. The number of aliphatic imine (C=N–C) groups is 2. The minimum Gasteiger partial charge on any atom is -0.320 e. The molecule has 0 saturated carbocycles. The molecule has 1 aromatic heterocycles. The molecule has 0 unspecified atom stereocenters. The zero-order chi connectivity index (χ0) is 29.1. The van der Waals surface area contributed by atoms with Crippen molar-refractivity contribution < 1.29 is 19.4 Å². The molecule has 0 fully saturated rings.